The highest BCUT2D eigenvalue weighted by atomic mass is 16.5. The summed E-state index contributed by atoms with van der Waals surface area (Å²) < 4.78 is 4.92. The molecule has 0 bridgehead atoms. The summed E-state index contributed by atoms with van der Waals surface area (Å²) in [6, 6.07) is 4.77. The Morgan fingerprint density at radius 1 is 1.42 bits per heavy atom. The number of aryl methyl sites for hydroxylation is 1. The first-order chi connectivity index (χ1) is 8.95. The van der Waals surface area contributed by atoms with Crippen LogP contribution in [0.4, 0.5) is 0 Å². The molecule has 104 valence electrons. The molecular formula is C14H19NO4. The second kappa shape index (κ2) is 6.89. The number of aliphatic hydroxyl groups is 1. The fraction of sp³-hybridized carbons (Fsp3) is 0.429. The summed E-state index contributed by atoms with van der Waals surface area (Å²) in [5.41, 5.74) is 1.59. The molecule has 0 aromatic heterocycles. The molecular weight excluding hydrogens is 246 g/mol. The lowest BCUT2D eigenvalue weighted by Crippen LogP contribution is -2.30. The quantitative estimate of drug-likeness (QED) is 0.786. The van der Waals surface area contributed by atoms with Crippen molar-refractivity contribution in [2.45, 2.75) is 26.9 Å². The Balaban J connectivity index is 2.81. The average molecular weight is 265 g/mol. The minimum atomic E-state index is -0.594. The van der Waals surface area contributed by atoms with Gasteiger partial charge >= 0.3 is 5.97 Å². The van der Waals surface area contributed by atoms with Crippen molar-refractivity contribution >= 4 is 11.9 Å². The average Bonchev–Trinajstić information content (AvgIpc) is 2.35. The molecule has 0 aliphatic heterocycles. The third-order valence-corrected chi connectivity index (χ3v) is 2.54. The number of amides is 1. The highest BCUT2D eigenvalue weighted by molar-refractivity contribution is 5.97. The van der Waals surface area contributed by atoms with Crippen LogP contribution in [0.1, 0.15) is 40.1 Å². The van der Waals surface area contributed by atoms with Crippen LogP contribution in [0.5, 0.6) is 0 Å². The number of carbonyl (C=O) groups is 2. The van der Waals surface area contributed by atoms with Gasteiger partial charge in [-0.25, -0.2) is 4.79 Å². The number of ether oxygens (including phenoxy) is 1. The molecule has 2 N–H and O–H groups in total. The van der Waals surface area contributed by atoms with Crippen molar-refractivity contribution in [1.82, 2.24) is 5.32 Å². The smallest absolute Gasteiger partial charge is 0.338 e. The lowest BCUT2D eigenvalue weighted by Gasteiger charge is -2.09. The van der Waals surface area contributed by atoms with Gasteiger partial charge in [0.25, 0.3) is 5.91 Å². The van der Waals surface area contributed by atoms with Gasteiger partial charge in [-0.05, 0) is 44.5 Å². The van der Waals surface area contributed by atoms with Crippen LogP contribution in [0.3, 0.4) is 0 Å². The zero-order valence-electron chi connectivity index (χ0n) is 11.4. The van der Waals surface area contributed by atoms with Crippen molar-refractivity contribution in [1.29, 1.82) is 0 Å². The molecule has 0 spiro atoms. The van der Waals surface area contributed by atoms with Crippen molar-refractivity contribution in [3.8, 4) is 0 Å². The van der Waals surface area contributed by atoms with Crippen molar-refractivity contribution < 1.29 is 19.4 Å². The maximum absolute atomic E-state index is 11.8. The van der Waals surface area contributed by atoms with E-state index in [9.17, 15) is 9.59 Å². The van der Waals surface area contributed by atoms with E-state index in [4.69, 9.17) is 9.84 Å². The van der Waals surface area contributed by atoms with Gasteiger partial charge in [-0.15, -0.1) is 0 Å². The Morgan fingerprint density at radius 2 is 2.11 bits per heavy atom. The van der Waals surface area contributed by atoms with E-state index >= 15 is 0 Å². The van der Waals surface area contributed by atoms with Crippen LogP contribution in [0.2, 0.25) is 0 Å². The summed E-state index contributed by atoms with van der Waals surface area (Å²) in [6.45, 7) is 5.59. The molecule has 0 saturated carbocycles. The molecule has 5 nitrogen and oxygen atoms in total. The fourth-order valence-electron chi connectivity index (χ4n) is 1.59. The molecule has 0 heterocycles. The van der Waals surface area contributed by atoms with Gasteiger partial charge in [-0.1, -0.05) is 0 Å². The first-order valence-electron chi connectivity index (χ1n) is 6.19. The number of benzene rings is 1. The van der Waals surface area contributed by atoms with E-state index in [0.29, 0.717) is 23.3 Å². The van der Waals surface area contributed by atoms with Gasteiger partial charge in [-0.2, -0.15) is 0 Å². The highest BCUT2D eigenvalue weighted by Gasteiger charge is 2.13. The van der Waals surface area contributed by atoms with E-state index in [-0.39, 0.29) is 12.5 Å². The topological polar surface area (TPSA) is 75.6 Å². The van der Waals surface area contributed by atoms with Crippen LogP contribution >= 0.6 is 0 Å². The van der Waals surface area contributed by atoms with Gasteiger partial charge in [0, 0.05) is 12.1 Å². The van der Waals surface area contributed by atoms with E-state index in [1.54, 1.807) is 39.0 Å². The molecule has 0 aliphatic rings. The summed E-state index contributed by atoms with van der Waals surface area (Å²) in [5.74, 6) is -0.671. The first kappa shape index (κ1) is 15.2. The second-order valence-electron chi connectivity index (χ2n) is 4.31. The zero-order valence-corrected chi connectivity index (χ0v) is 11.4. The number of rotatable bonds is 5. The molecule has 0 radical (unpaired) electrons. The number of hydrogen-bond donors (Lipinski definition) is 2. The van der Waals surface area contributed by atoms with Crippen molar-refractivity contribution in [3.63, 3.8) is 0 Å². The standard InChI is InChI=1S/C14H19NO4/c1-4-19-14(18)12-6-5-11(7-9(12)2)13(17)15-8-10(3)16/h5-7,10,16H,4,8H2,1-3H3,(H,15,17). The maximum atomic E-state index is 11.8. The summed E-state index contributed by atoms with van der Waals surface area (Å²) >= 11 is 0. The molecule has 1 rings (SSSR count). The van der Waals surface area contributed by atoms with E-state index in [0.717, 1.165) is 0 Å². The minimum absolute atomic E-state index is 0.192. The maximum Gasteiger partial charge on any atom is 0.338 e. The first-order valence-corrected chi connectivity index (χ1v) is 6.19. The van der Waals surface area contributed by atoms with Crippen LogP contribution < -0.4 is 5.32 Å². The van der Waals surface area contributed by atoms with Crippen molar-refractivity contribution in [2.75, 3.05) is 13.2 Å². The number of nitrogens with one attached hydrogen (secondary N) is 1. The molecule has 0 aliphatic carbocycles. The summed E-state index contributed by atoms with van der Waals surface area (Å²) in [4.78, 5) is 23.4. The van der Waals surface area contributed by atoms with Gasteiger partial charge in [-0.3, -0.25) is 4.79 Å². The third kappa shape index (κ3) is 4.37. The fourth-order valence-corrected chi connectivity index (χ4v) is 1.59. The number of aliphatic hydroxyl groups excluding tert-OH is 1. The Hall–Kier alpha value is -1.88. The van der Waals surface area contributed by atoms with Crippen LogP contribution in [-0.2, 0) is 4.74 Å². The Kier molecular flexibility index (Phi) is 5.51. The summed E-state index contributed by atoms with van der Waals surface area (Å²) in [6.07, 6.45) is -0.594. The molecule has 19 heavy (non-hydrogen) atoms. The van der Waals surface area contributed by atoms with E-state index in [1.165, 1.54) is 0 Å². The van der Waals surface area contributed by atoms with Crippen molar-refractivity contribution in [2.24, 2.45) is 0 Å². The lowest BCUT2D eigenvalue weighted by molar-refractivity contribution is 0.0525. The van der Waals surface area contributed by atoms with Crippen LogP contribution in [-0.4, -0.2) is 36.2 Å². The minimum Gasteiger partial charge on any atom is -0.462 e. The van der Waals surface area contributed by atoms with Crippen LogP contribution in [0.15, 0.2) is 18.2 Å². The second-order valence-corrected chi connectivity index (χ2v) is 4.31. The predicted octanol–water partition coefficient (Wildman–Crippen LogP) is 1.28. The highest BCUT2D eigenvalue weighted by Crippen LogP contribution is 2.12. The van der Waals surface area contributed by atoms with Gasteiger partial charge in [0.15, 0.2) is 0 Å². The Bertz CT molecular complexity index is 469. The SMILES string of the molecule is CCOC(=O)c1ccc(C(=O)NCC(C)O)cc1C. The van der Waals surface area contributed by atoms with Crippen LogP contribution in [0, 0.1) is 6.92 Å². The van der Waals surface area contributed by atoms with E-state index in [1.807, 2.05) is 0 Å². The summed E-state index contributed by atoms with van der Waals surface area (Å²) in [7, 11) is 0. The molecule has 1 atom stereocenters. The molecule has 0 saturated heterocycles. The number of carbonyl (C=O) groups excluding carboxylic acids is 2. The summed E-state index contributed by atoms with van der Waals surface area (Å²) in [5, 5.41) is 11.7. The Morgan fingerprint density at radius 3 is 2.63 bits per heavy atom. The van der Waals surface area contributed by atoms with E-state index in [2.05, 4.69) is 5.32 Å². The number of esters is 1. The molecule has 5 heteroatoms. The zero-order chi connectivity index (χ0) is 14.4. The van der Waals surface area contributed by atoms with Gasteiger partial charge in [0.2, 0.25) is 0 Å². The largest absolute Gasteiger partial charge is 0.462 e. The molecule has 1 aromatic carbocycles. The lowest BCUT2D eigenvalue weighted by atomic mass is 10.0. The number of hydrogen-bond acceptors (Lipinski definition) is 4. The van der Waals surface area contributed by atoms with Crippen LogP contribution in [0.25, 0.3) is 0 Å². The molecule has 1 aromatic rings. The van der Waals surface area contributed by atoms with Crippen molar-refractivity contribution in [3.05, 3.63) is 34.9 Å². The predicted molar refractivity (Wildman–Crippen MR) is 71.1 cm³/mol. The third-order valence-electron chi connectivity index (χ3n) is 2.54. The van der Waals surface area contributed by atoms with Gasteiger partial charge in [0.1, 0.15) is 0 Å². The molecule has 1 amide bonds. The normalized spacial score (nSPS) is 11.8. The Labute approximate surface area is 112 Å². The molecule has 1 unspecified atom stereocenters. The van der Waals surface area contributed by atoms with Gasteiger partial charge < -0.3 is 15.2 Å². The molecule has 0 fully saturated rings. The monoisotopic (exact) mass is 265 g/mol. The van der Waals surface area contributed by atoms with E-state index < -0.39 is 12.1 Å². The van der Waals surface area contributed by atoms with Gasteiger partial charge in [0.05, 0.1) is 18.3 Å².